The van der Waals surface area contributed by atoms with E-state index in [1.807, 2.05) is 13.0 Å². The van der Waals surface area contributed by atoms with E-state index in [1.54, 1.807) is 0 Å². The maximum atomic E-state index is 5.04. The first-order valence-corrected chi connectivity index (χ1v) is 6.30. The SMILES string of the molecule is Cc1cc(CNCc2cccc3c2NCC3)no1. The summed E-state index contributed by atoms with van der Waals surface area (Å²) in [7, 11) is 0. The molecule has 0 amide bonds. The number of nitrogens with zero attached hydrogens (tertiary/aromatic N) is 1. The van der Waals surface area contributed by atoms with Gasteiger partial charge in [-0.1, -0.05) is 23.4 Å². The molecule has 94 valence electrons. The summed E-state index contributed by atoms with van der Waals surface area (Å²) in [6.07, 6.45) is 1.13. The Morgan fingerprint density at radius 2 is 2.33 bits per heavy atom. The zero-order chi connectivity index (χ0) is 12.4. The average Bonchev–Trinajstić information content (AvgIpc) is 2.98. The van der Waals surface area contributed by atoms with Crippen molar-refractivity contribution in [3.63, 3.8) is 0 Å². The zero-order valence-electron chi connectivity index (χ0n) is 10.5. The maximum absolute atomic E-state index is 5.04. The second-order valence-electron chi connectivity index (χ2n) is 4.66. The largest absolute Gasteiger partial charge is 0.384 e. The molecule has 0 saturated carbocycles. The molecule has 2 aromatic rings. The number of benzene rings is 1. The van der Waals surface area contributed by atoms with Crippen molar-refractivity contribution in [3.05, 3.63) is 46.8 Å². The summed E-state index contributed by atoms with van der Waals surface area (Å²) in [5, 5.41) is 10.8. The first kappa shape index (κ1) is 11.3. The molecule has 0 bridgehead atoms. The van der Waals surface area contributed by atoms with E-state index in [4.69, 9.17) is 4.52 Å². The topological polar surface area (TPSA) is 50.1 Å². The van der Waals surface area contributed by atoms with Gasteiger partial charge in [-0.25, -0.2) is 0 Å². The van der Waals surface area contributed by atoms with Gasteiger partial charge < -0.3 is 15.2 Å². The van der Waals surface area contributed by atoms with E-state index in [1.165, 1.54) is 16.8 Å². The van der Waals surface area contributed by atoms with Gasteiger partial charge in [0.15, 0.2) is 0 Å². The molecule has 2 N–H and O–H groups in total. The normalized spacial score (nSPS) is 13.4. The molecule has 0 saturated heterocycles. The molecule has 18 heavy (non-hydrogen) atoms. The lowest BCUT2D eigenvalue weighted by molar-refractivity contribution is 0.388. The van der Waals surface area contributed by atoms with Crippen LogP contribution in [0.3, 0.4) is 0 Å². The van der Waals surface area contributed by atoms with E-state index >= 15 is 0 Å². The van der Waals surface area contributed by atoms with E-state index in [0.717, 1.165) is 37.5 Å². The van der Waals surface area contributed by atoms with Gasteiger partial charge in [-0.2, -0.15) is 0 Å². The van der Waals surface area contributed by atoms with Gasteiger partial charge in [0.05, 0.1) is 5.69 Å². The van der Waals surface area contributed by atoms with E-state index in [9.17, 15) is 0 Å². The first-order valence-electron chi connectivity index (χ1n) is 6.30. The molecular formula is C14H17N3O. The number of para-hydroxylation sites is 1. The number of anilines is 1. The summed E-state index contributed by atoms with van der Waals surface area (Å²) >= 11 is 0. The number of aromatic nitrogens is 1. The summed E-state index contributed by atoms with van der Waals surface area (Å²) < 4.78 is 5.04. The number of hydrogen-bond donors (Lipinski definition) is 2. The molecular weight excluding hydrogens is 226 g/mol. The molecule has 1 aromatic heterocycles. The van der Waals surface area contributed by atoms with Gasteiger partial charge >= 0.3 is 0 Å². The highest BCUT2D eigenvalue weighted by Crippen LogP contribution is 2.26. The molecule has 4 nitrogen and oxygen atoms in total. The van der Waals surface area contributed by atoms with Crippen molar-refractivity contribution in [2.75, 3.05) is 11.9 Å². The van der Waals surface area contributed by atoms with Crippen molar-refractivity contribution < 1.29 is 4.52 Å². The number of fused-ring (bicyclic) bond motifs is 1. The second kappa shape index (κ2) is 4.82. The van der Waals surface area contributed by atoms with Crippen LogP contribution < -0.4 is 10.6 Å². The lowest BCUT2D eigenvalue weighted by atomic mass is 10.1. The van der Waals surface area contributed by atoms with Crippen molar-refractivity contribution >= 4 is 5.69 Å². The Morgan fingerprint density at radius 1 is 1.39 bits per heavy atom. The molecule has 0 radical (unpaired) electrons. The Labute approximate surface area is 106 Å². The fraction of sp³-hybridized carbons (Fsp3) is 0.357. The summed E-state index contributed by atoms with van der Waals surface area (Å²) in [6, 6.07) is 8.45. The first-order chi connectivity index (χ1) is 8.83. The molecule has 0 atom stereocenters. The molecule has 0 aliphatic carbocycles. The van der Waals surface area contributed by atoms with Crippen LogP contribution in [0.25, 0.3) is 0 Å². The molecule has 1 aliphatic rings. The third kappa shape index (κ3) is 2.24. The fourth-order valence-electron chi connectivity index (χ4n) is 2.38. The smallest absolute Gasteiger partial charge is 0.133 e. The lowest BCUT2D eigenvalue weighted by Crippen LogP contribution is -2.14. The second-order valence-corrected chi connectivity index (χ2v) is 4.66. The van der Waals surface area contributed by atoms with E-state index < -0.39 is 0 Å². The summed E-state index contributed by atoms with van der Waals surface area (Å²) in [4.78, 5) is 0. The van der Waals surface area contributed by atoms with Crippen molar-refractivity contribution in [2.24, 2.45) is 0 Å². The number of nitrogens with one attached hydrogen (secondary N) is 2. The molecule has 3 rings (SSSR count). The molecule has 0 spiro atoms. The van der Waals surface area contributed by atoms with Gasteiger partial charge in [0.2, 0.25) is 0 Å². The number of aryl methyl sites for hydroxylation is 1. The van der Waals surface area contributed by atoms with Gasteiger partial charge in [-0.3, -0.25) is 0 Å². The van der Waals surface area contributed by atoms with Crippen LogP contribution in [0.2, 0.25) is 0 Å². The highest BCUT2D eigenvalue weighted by Gasteiger charge is 2.13. The summed E-state index contributed by atoms with van der Waals surface area (Å²) in [6.45, 7) is 4.54. The minimum atomic E-state index is 0.737. The van der Waals surface area contributed by atoms with E-state index in [2.05, 4.69) is 34.0 Å². The van der Waals surface area contributed by atoms with Crippen LogP contribution in [0, 0.1) is 6.92 Å². The van der Waals surface area contributed by atoms with E-state index in [-0.39, 0.29) is 0 Å². The Hall–Kier alpha value is -1.81. The predicted molar refractivity (Wildman–Crippen MR) is 70.4 cm³/mol. The van der Waals surface area contributed by atoms with Crippen molar-refractivity contribution in [3.8, 4) is 0 Å². The Balaban J connectivity index is 1.62. The van der Waals surface area contributed by atoms with Crippen LogP contribution in [0.4, 0.5) is 5.69 Å². The Morgan fingerprint density at radius 3 is 3.17 bits per heavy atom. The van der Waals surface area contributed by atoms with Crippen molar-refractivity contribution in [2.45, 2.75) is 26.4 Å². The number of rotatable bonds is 4. The highest BCUT2D eigenvalue weighted by atomic mass is 16.5. The minimum Gasteiger partial charge on any atom is -0.384 e. The van der Waals surface area contributed by atoms with Crippen LogP contribution in [-0.2, 0) is 19.5 Å². The number of hydrogen-bond acceptors (Lipinski definition) is 4. The van der Waals surface area contributed by atoms with Crippen molar-refractivity contribution in [1.82, 2.24) is 10.5 Å². The zero-order valence-corrected chi connectivity index (χ0v) is 10.5. The molecule has 2 heterocycles. The quantitative estimate of drug-likeness (QED) is 0.864. The van der Waals surface area contributed by atoms with Crippen molar-refractivity contribution in [1.29, 1.82) is 0 Å². The van der Waals surface area contributed by atoms with Gasteiger partial charge in [0.1, 0.15) is 5.76 Å². The molecule has 0 fully saturated rings. The van der Waals surface area contributed by atoms with Crippen LogP contribution in [-0.4, -0.2) is 11.7 Å². The fourth-order valence-corrected chi connectivity index (χ4v) is 2.38. The van der Waals surface area contributed by atoms with E-state index in [0.29, 0.717) is 0 Å². The van der Waals surface area contributed by atoms with Crippen LogP contribution >= 0.6 is 0 Å². The summed E-state index contributed by atoms with van der Waals surface area (Å²) in [5.74, 6) is 0.856. The third-order valence-corrected chi connectivity index (χ3v) is 3.23. The van der Waals surface area contributed by atoms with Gasteiger partial charge in [-0.15, -0.1) is 0 Å². The molecule has 4 heteroatoms. The highest BCUT2D eigenvalue weighted by molar-refractivity contribution is 5.61. The average molecular weight is 243 g/mol. The van der Waals surface area contributed by atoms with Gasteiger partial charge in [0, 0.05) is 31.4 Å². The van der Waals surface area contributed by atoms with Gasteiger partial charge in [-0.05, 0) is 24.5 Å². The monoisotopic (exact) mass is 243 g/mol. The maximum Gasteiger partial charge on any atom is 0.133 e. The predicted octanol–water partition coefficient (Wildman–Crippen LogP) is 2.24. The Bertz CT molecular complexity index is 548. The Kier molecular flexibility index (Phi) is 3.02. The molecule has 0 unspecified atom stereocenters. The molecule has 1 aromatic carbocycles. The third-order valence-electron chi connectivity index (χ3n) is 3.23. The lowest BCUT2D eigenvalue weighted by Gasteiger charge is -2.09. The minimum absolute atomic E-state index is 0.737. The molecule has 1 aliphatic heterocycles. The standard InChI is InChI=1S/C14H17N3O/c1-10-7-13(17-18-10)9-15-8-12-4-2-3-11-5-6-16-14(11)12/h2-4,7,15-16H,5-6,8-9H2,1H3. The van der Waals surface area contributed by atoms with Crippen LogP contribution in [0.5, 0.6) is 0 Å². The van der Waals surface area contributed by atoms with Gasteiger partial charge in [0.25, 0.3) is 0 Å². The summed E-state index contributed by atoms with van der Waals surface area (Å²) in [5.41, 5.74) is 5.01. The van der Waals surface area contributed by atoms with Crippen LogP contribution in [0.1, 0.15) is 22.6 Å². The van der Waals surface area contributed by atoms with Crippen LogP contribution in [0.15, 0.2) is 28.8 Å².